The molecule has 0 N–H and O–H groups in total. The molecule has 1 aliphatic rings. The highest BCUT2D eigenvalue weighted by atomic mass is 32.1. The fourth-order valence-electron chi connectivity index (χ4n) is 4.81. The lowest BCUT2D eigenvalue weighted by atomic mass is 9.83. The number of nitrogens with zero attached hydrogens (tertiary/aromatic N) is 2. The maximum atomic E-state index is 2.57. The van der Waals surface area contributed by atoms with Gasteiger partial charge < -0.3 is 9.13 Å². The second kappa shape index (κ2) is 8.39. The summed E-state index contributed by atoms with van der Waals surface area (Å²) in [4.78, 5) is 1.44. The molecule has 0 bridgehead atoms. The Bertz CT molecular complexity index is 1080. The van der Waals surface area contributed by atoms with E-state index in [1.54, 1.807) is 5.57 Å². The minimum Gasteiger partial charge on any atom is -0.344 e. The van der Waals surface area contributed by atoms with E-state index in [4.69, 9.17) is 0 Å². The van der Waals surface area contributed by atoms with Crippen molar-refractivity contribution >= 4 is 33.2 Å². The second-order valence-electron chi connectivity index (χ2n) is 8.31. The molecular formula is C26H34N2S. The van der Waals surface area contributed by atoms with Gasteiger partial charge in [-0.25, -0.2) is 0 Å². The van der Waals surface area contributed by atoms with Crippen molar-refractivity contribution in [2.75, 3.05) is 0 Å². The van der Waals surface area contributed by atoms with Crippen LogP contribution in [0.1, 0.15) is 81.1 Å². The first-order chi connectivity index (χ1) is 14.1. The number of allylic oxidation sites excluding steroid dienone is 2. The Morgan fingerprint density at radius 1 is 1.07 bits per heavy atom. The molecule has 4 rings (SSSR count). The smallest absolute Gasteiger partial charge is 0.103 e. The average molecular weight is 407 g/mol. The molecule has 3 aromatic rings. The molecule has 3 heteroatoms. The number of hydrogen-bond acceptors (Lipinski definition) is 1. The van der Waals surface area contributed by atoms with Crippen LogP contribution in [-0.4, -0.2) is 9.13 Å². The molecule has 3 heterocycles. The second-order valence-corrected chi connectivity index (χ2v) is 9.20. The van der Waals surface area contributed by atoms with Crippen molar-refractivity contribution in [1.82, 2.24) is 9.13 Å². The number of aryl methyl sites for hydroxylation is 1. The van der Waals surface area contributed by atoms with Crippen molar-refractivity contribution < 1.29 is 0 Å². The zero-order valence-corrected chi connectivity index (χ0v) is 19.5. The first-order valence-electron chi connectivity index (χ1n) is 11.2. The highest BCUT2D eigenvalue weighted by Crippen LogP contribution is 2.44. The normalized spacial score (nSPS) is 14.3. The van der Waals surface area contributed by atoms with Crippen molar-refractivity contribution in [3.8, 4) is 0 Å². The molecule has 0 radical (unpaired) electrons. The van der Waals surface area contributed by atoms with Gasteiger partial charge in [0, 0.05) is 46.7 Å². The van der Waals surface area contributed by atoms with Crippen molar-refractivity contribution in [3.63, 3.8) is 0 Å². The van der Waals surface area contributed by atoms with Gasteiger partial charge in [-0.3, -0.25) is 0 Å². The average Bonchev–Trinajstić information content (AvgIpc) is 3.31. The number of thiophene rings is 1. The zero-order valence-electron chi connectivity index (χ0n) is 18.6. The summed E-state index contributed by atoms with van der Waals surface area (Å²) in [6.07, 6.45) is 10.6. The van der Waals surface area contributed by atoms with Gasteiger partial charge >= 0.3 is 0 Å². The van der Waals surface area contributed by atoms with Crippen molar-refractivity contribution in [2.45, 2.75) is 79.8 Å². The molecule has 0 aromatic carbocycles. The monoisotopic (exact) mass is 406 g/mol. The van der Waals surface area contributed by atoms with Gasteiger partial charge in [0.15, 0.2) is 0 Å². The summed E-state index contributed by atoms with van der Waals surface area (Å²) < 4.78 is 5.13. The Hall–Kier alpha value is -2.00. The highest BCUT2D eigenvalue weighted by molar-refractivity contribution is 7.16. The van der Waals surface area contributed by atoms with Crippen molar-refractivity contribution in [3.05, 3.63) is 57.4 Å². The van der Waals surface area contributed by atoms with Crippen LogP contribution >= 0.6 is 11.3 Å². The molecule has 154 valence electrons. The van der Waals surface area contributed by atoms with Crippen LogP contribution in [0.15, 0.2) is 29.2 Å². The summed E-state index contributed by atoms with van der Waals surface area (Å²) in [6, 6.07) is 4.79. The predicted molar refractivity (Wildman–Crippen MR) is 129 cm³/mol. The van der Waals surface area contributed by atoms with E-state index in [0.29, 0.717) is 0 Å². The quantitative estimate of drug-likeness (QED) is 0.376. The standard InChI is InChI=1S/C26H34N2S/c1-6-10-21-17-23(27(14-7-2)18(21)4)25(20-11-9-12-20)24-19(5)28(15-8-3)26-22(24)13-16-29-26/h6,10,13,16-17H,7-9,11-12,14-15H2,1-5H3/b10-6-. The minimum atomic E-state index is 1.08. The van der Waals surface area contributed by atoms with Gasteiger partial charge in [0.05, 0.1) is 0 Å². The van der Waals surface area contributed by atoms with Crippen LogP contribution in [-0.2, 0) is 13.1 Å². The van der Waals surface area contributed by atoms with E-state index in [2.05, 4.69) is 73.4 Å². The zero-order chi connectivity index (χ0) is 20.5. The lowest BCUT2D eigenvalue weighted by molar-refractivity contribution is 0.644. The molecule has 0 spiro atoms. The van der Waals surface area contributed by atoms with Gasteiger partial charge in [-0.15, -0.1) is 11.3 Å². The molecule has 0 atom stereocenters. The Labute approximate surface area is 179 Å². The molecule has 1 aliphatic carbocycles. The molecule has 2 nitrogen and oxygen atoms in total. The van der Waals surface area contributed by atoms with Crippen LogP contribution < -0.4 is 0 Å². The van der Waals surface area contributed by atoms with Gasteiger partial charge in [0.25, 0.3) is 0 Å². The summed E-state index contributed by atoms with van der Waals surface area (Å²) in [5.41, 5.74) is 10.3. The largest absolute Gasteiger partial charge is 0.344 e. The first kappa shape index (κ1) is 20.3. The van der Waals surface area contributed by atoms with Crippen LogP contribution in [0.5, 0.6) is 0 Å². The topological polar surface area (TPSA) is 9.86 Å². The maximum Gasteiger partial charge on any atom is 0.103 e. The van der Waals surface area contributed by atoms with E-state index in [1.807, 2.05) is 11.3 Å². The molecule has 0 aliphatic heterocycles. The number of fused-ring (bicyclic) bond motifs is 1. The van der Waals surface area contributed by atoms with Crippen LogP contribution in [0.2, 0.25) is 0 Å². The Morgan fingerprint density at radius 2 is 1.79 bits per heavy atom. The Kier molecular flexibility index (Phi) is 5.87. The molecular weight excluding hydrogens is 372 g/mol. The Morgan fingerprint density at radius 3 is 2.41 bits per heavy atom. The van der Waals surface area contributed by atoms with Crippen LogP contribution in [0.4, 0.5) is 0 Å². The van der Waals surface area contributed by atoms with E-state index in [9.17, 15) is 0 Å². The molecule has 1 fully saturated rings. The summed E-state index contributed by atoms with van der Waals surface area (Å²) >= 11 is 1.89. The van der Waals surface area contributed by atoms with Gasteiger partial charge in [-0.1, -0.05) is 31.6 Å². The van der Waals surface area contributed by atoms with Crippen LogP contribution in [0, 0.1) is 13.8 Å². The number of aromatic nitrogens is 2. The molecule has 3 aromatic heterocycles. The lowest BCUT2D eigenvalue weighted by Gasteiger charge is -2.24. The van der Waals surface area contributed by atoms with Gasteiger partial charge in [0.2, 0.25) is 0 Å². The molecule has 1 saturated carbocycles. The van der Waals surface area contributed by atoms with E-state index in [-0.39, 0.29) is 0 Å². The first-order valence-corrected chi connectivity index (χ1v) is 12.1. The maximum absolute atomic E-state index is 2.57. The Balaban J connectivity index is 2.01. The summed E-state index contributed by atoms with van der Waals surface area (Å²) in [7, 11) is 0. The summed E-state index contributed by atoms with van der Waals surface area (Å²) in [5.74, 6) is 0. The fourth-order valence-corrected chi connectivity index (χ4v) is 5.80. The molecule has 0 amide bonds. The van der Waals surface area contributed by atoms with E-state index >= 15 is 0 Å². The highest BCUT2D eigenvalue weighted by Gasteiger charge is 2.27. The summed E-state index contributed by atoms with van der Waals surface area (Å²) in [5, 5.41) is 3.72. The number of rotatable bonds is 7. The van der Waals surface area contributed by atoms with E-state index < -0.39 is 0 Å². The third-order valence-electron chi connectivity index (χ3n) is 6.39. The van der Waals surface area contributed by atoms with E-state index in [0.717, 1.165) is 19.5 Å². The van der Waals surface area contributed by atoms with E-state index in [1.165, 1.54) is 69.7 Å². The molecule has 29 heavy (non-hydrogen) atoms. The van der Waals surface area contributed by atoms with Crippen molar-refractivity contribution in [2.24, 2.45) is 0 Å². The van der Waals surface area contributed by atoms with Gasteiger partial charge in [-0.05, 0) is 76.0 Å². The minimum absolute atomic E-state index is 1.08. The lowest BCUT2D eigenvalue weighted by Crippen LogP contribution is -2.10. The van der Waals surface area contributed by atoms with Crippen LogP contribution in [0.3, 0.4) is 0 Å². The van der Waals surface area contributed by atoms with Crippen molar-refractivity contribution in [1.29, 1.82) is 0 Å². The fraction of sp³-hybridized carbons (Fsp3) is 0.462. The molecule has 0 saturated heterocycles. The van der Waals surface area contributed by atoms with Gasteiger partial charge in [-0.2, -0.15) is 0 Å². The number of hydrogen-bond donors (Lipinski definition) is 0. The van der Waals surface area contributed by atoms with Gasteiger partial charge in [0.1, 0.15) is 4.83 Å². The third-order valence-corrected chi connectivity index (χ3v) is 7.32. The van der Waals surface area contributed by atoms with Crippen LogP contribution in [0.25, 0.3) is 21.9 Å². The third kappa shape index (κ3) is 3.34. The summed E-state index contributed by atoms with van der Waals surface area (Å²) in [6.45, 7) is 13.5. The predicted octanol–water partition coefficient (Wildman–Crippen LogP) is 7.96. The SMILES string of the molecule is C/C=C\c1cc(C(=C2CCC2)c2c(C)n(CCC)c3sccc23)n(CCC)c1C. The molecule has 0 unspecified atom stereocenters.